The summed E-state index contributed by atoms with van der Waals surface area (Å²) in [5.41, 5.74) is 2.21. The molecule has 1 unspecified atom stereocenters. The van der Waals surface area contributed by atoms with Crippen LogP contribution >= 0.6 is 11.3 Å². The number of nitrogens with zero attached hydrogens (tertiary/aromatic N) is 1. The lowest BCUT2D eigenvalue weighted by molar-refractivity contribution is -0.136. The minimum atomic E-state index is -0.642. The van der Waals surface area contributed by atoms with Crippen LogP contribution in [0.25, 0.3) is 0 Å². The van der Waals surface area contributed by atoms with E-state index >= 15 is 0 Å². The number of piperidine rings is 1. The van der Waals surface area contributed by atoms with Crippen LogP contribution in [0.3, 0.4) is 0 Å². The molecule has 0 bridgehead atoms. The molecule has 4 rings (SSSR count). The van der Waals surface area contributed by atoms with Gasteiger partial charge in [0.2, 0.25) is 11.8 Å². The van der Waals surface area contributed by atoms with Gasteiger partial charge in [-0.3, -0.25) is 24.5 Å². The van der Waals surface area contributed by atoms with E-state index in [0.29, 0.717) is 30.0 Å². The van der Waals surface area contributed by atoms with Crippen molar-refractivity contribution in [2.45, 2.75) is 32.0 Å². The van der Waals surface area contributed by atoms with Crippen LogP contribution < -0.4 is 10.6 Å². The maximum atomic E-state index is 12.8. The van der Waals surface area contributed by atoms with Crippen LogP contribution in [0.5, 0.6) is 0 Å². The summed E-state index contributed by atoms with van der Waals surface area (Å²) in [5, 5.41) is 7.01. The fourth-order valence-corrected chi connectivity index (χ4v) is 4.13. The molecule has 0 aliphatic carbocycles. The van der Waals surface area contributed by atoms with Crippen molar-refractivity contribution in [3.8, 4) is 0 Å². The number of thiophene rings is 1. The van der Waals surface area contributed by atoms with Crippen LogP contribution in [0.1, 0.15) is 44.0 Å². The van der Waals surface area contributed by atoms with Gasteiger partial charge in [-0.05, 0) is 35.1 Å². The number of rotatable bonds is 4. The number of imide groups is 1. The average Bonchev–Trinajstić information content (AvgIpc) is 3.29. The number of amides is 4. The third-order valence-corrected chi connectivity index (χ3v) is 5.73. The van der Waals surface area contributed by atoms with Crippen LogP contribution in [0.4, 0.5) is 0 Å². The summed E-state index contributed by atoms with van der Waals surface area (Å²) in [6.07, 6.45) is 0.551. The van der Waals surface area contributed by atoms with Crippen molar-refractivity contribution in [2.24, 2.45) is 0 Å². The Morgan fingerprint density at radius 1 is 1.22 bits per heavy atom. The highest BCUT2D eigenvalue weighted by molar-refractivity contribution is 7.12. The molecule has 8 heteroatoms. The topological polar surface area (TPSA) is 95.6 Å². The summed E-state index contributed by atoms with van der Waals surface area (Å²) < 4.78 is 0. The van der Waals surface area contributed by atoms with Gasteiger partial charge >= 0.3 is 0 Å². The van der Waals surface area contributed by atoms with Crippen molar-refractivity contribution in [3.63, 3.8) is 0 Å². The number of nitrogens with one attached hydrogen (secondary N) is 2. The van der Waals surface area contributed by atoms with E-state index in [9.17, 15) is 19.2 Å². The largest absolute Gasteiger partial charge is 0.347 e. The van der Waals surface area contributed by atoms with E-state index in [1.807, 2.05) is 17.5 Å². The molecule has 1 aromatic heterocycles. The Labute approximate surface area is 159 Å². The molecule has 3 heterocycles. The van der Waals surface area contributed by atoms with Gasteiger partial charge in [0.25, 0.3) is 11.8 Å². The first-order valence-corrected chi connectivity index (χ1v) is 9.49. The van der Waals surface area contributed by atoms with Gasteiger partial charge in [-0.1, -0.05) is 18.2 Å². The summed E-state index contributed by atoms with van der Waals surface area (Å²) in [5.74, 6) is -1.11. The maximum absolute atomic E-state index is 12.8. The molecule has 27 heavy (non-hydrogen) atoms. The standard InChI is InChI=1S/C19H17N3O4S/c23-16-7-6-14(17(24)21-16)22-10-13-11(3-1-4-12(13)19(22)26)9-20-18(25)15-5-2-8-27-15/h1-5,8,14H,6-7,9-10H2,(H,20,25)(H,21,23,24). The first-order chi connectivity index (χ1) is 13.0. The van der Waals surface area contributed by atoms with Gasteiger partial charge in [0.15, 0.2) is 0 Å². The second kappa shape index (κ2) is 6.96. The Morgan fingerprint density at radius 2 is 2.07 bits per heavy atom. The molecule has 0 spiro atoms. The molecule has 0 saturated carbocycles. The summed E-state index contributed by atoms with van der Waals surface area (Å²) >= 11 is 1.37. The number of carbonyl (C=O) groups excluding carboxylic acids is 4. The SMILES string of the molecule is O=C1CCC(N2Cc3c(CNC(=O)c4cccs4)cccc3C2=O)C(=O)N1. The zero-order chi connectivity index (χ0) is 19.0. The molecule has 2 aliphatic rings. The monoisotopic (exact) mass is 383 g/mol. The molecule has 2 N–H and O–H groups in total. The Kier molecular flexibility index (Phi) is 4.49. The molecular formula is C19H17N3O4S. The van der Waals surface area contributed by atoms with Gasteiger partial charge in [0.05, 0.1) is 4.88 Å². The minimum absolute atomic E-state index is 0.158. The van der Waals surface area contributed by atoms with Crippen LogP contribution in [-0.2, 0) is 22.7 Å². The summed E-state index contributed by atoms with van der Waals surface area (Å²) in [6, 6.07) is 8.30. The number of carbonyl (C=O) groups is 4. The van der Waals surface area contributed by atoms with Gasteiger partial charge < -0.3 is 10.2 Å². The zero-order valence-electron chi connectivity index (χ0n) is 14.4. The van der Waals surface area contributed by atoms with Crippen molar-refractivity contribution in [1.82, 2.24) is 15.5 Å². The van der Waals surface area contributed by atoms with E-state index in [0.717, 1.165) is 11.1 Å². The Balaban J connectivity index is 1.51. The molecule has 4 amide bonds. The Hall–Kier alpha value is -3.00. The number of hydrogen-bond acceptors (Lipinski definition) is 5. The lowest BCUT2D eigenvalue weighted by atomic mass is 10.0. The molecular weight excluding hydrogens is 366 g/mol. The third kappa shape index (κ3) is 3.23. The highest BCUT2D eigenvalue weighted by Gasteiger charge is 2.39. The smallest absolute Gasteiger partial charge is 0.261 e. The number of hydrogen-bond donors (Lipinski definition) is 2. The molecule has 0 radical (unpaired) electrons. The predicted octanol–water partition coefficient (Wildman–Crippen LogP) is 1.44. The van der Waals surface area contributed by atoms with Crippen molar-refractivity contribution in [1.29, 1.82) is 0 Å². The predicted molar refractivity (Wildman–Crippen MR) is 98.0 cm³/mol. The van der Waals surface area contributed by atoms with Crippen molar-refractivity contribution in [3.05, 3.63) is 57.3 Å². The van der Waals surface area contributed by atoms with E-state index in [1.54, 1.807) is 18.2 Å². The average molecular weight is 383 g/mol. The normalized spacial score (nSPS) is 19.0. The lowest BCUT2D eigenvalue weighted by Gasteiger charge is -2.29. The van der Waals surface area contributed by atoms with Crippen LogP contribution in [0.15, 0.2) is 35.7 Å². The van der Waals surface area contributed by atoms with Gasteiger partial charge in [0.1, 0.15) is 6.04 Å². The molecule has 7 nitrogen and oxygen atoms in total. The quantitative estimate of drug-likeness (QED) is 0.781. The first-order valence-electron chi connectivity index (χ1n) is 8.61. The summed E-state index contributed by atoms with van der Waals surface area (Å²) in [4.78, 5) is 50.6. The first kappa shape index (κ1) is 17.4. The van der Waals surface area contributed by atoms with E-state index in [1.165, 1.54) is 16.2 Å². The Bertz CT molecular complexity index is 938. The summed E-state index contributed by atoms with van der Waals surface area (Å²) in [7, 11) is 0. The molecule has 2 aromatic rings. The van der Waals surface area contributed by atoms with Gasteiger partial charge in [-0.25, -0.2) is 0 Å². The van der Waals surface area contributed by atoms with Gasteiger partial charge in [0, 0.05) is 25.1 Å². The lowest BCUT2D eigenvalue weighted by Crippen LogP contribution is -2.52. The summed E-state index contributed by atoms with van der Waals surface area (Å²) in [6.45, 7) is 0.599. The molecule has 138 valence electrons. The van der Waals surface area contributed by atoms with Gasteiger partial charge in [-0.15, -0.1) is 11.3 Å². The second-order valence-corrected chi connectivity index (χ2v) is 7.45. The van der Waals surface area contributed by atoms with E-state index in [4.69, 9.17) is 0 Å². The number of benzene rings is 1. The van der Waals surface area contributed by atoms with Crippen LogP contribution in [0, 0.1) is 0 Å². The van der Waals surface area contributed by atoms with Crippen molar-refractivity contribution >= 4 is 35.0 Å². The van der Waals surface area contributed by atoms with Gasteiger partial charge in [-0.2, -0.15) is 0 Å². The van der Waals surface area contributed by atoms with Crippen molar-refractivity contribution < 1.29 is 19.2 Å². The minimum Gasteiger partial charge on any atom is -0.347 e. The van der Waals surface area contributed by atoms with E-state index < -0.39 is 11.9 Å². The van der Waals surface area contributed by atoms with Crippen molar-refractivity contribution in [2.75, 3.05) is 0 Å². The highest BCUT2D eigenvalue weighted by atomic mass is 32.1. The molecule has 1 atom stereocenters. The van der Waals surface area contributed by atoms with E-state index in [2.05, 4.69) is 10.6 Å². The zero-order valence-corrected chi connectivity index (χ0v) is 15.2. The fourth-order valence-electron chi connectivity index (χ4n) is 3.49. The molecule has 1 aromatic carbocycles. The maximum Gasteiger partial charge on any atom is 0.261 e. The molecule has 1 fully saturated rings. The van der Waals surface area contributed by atoms with E-state index in [-0.39, 0.29) is 24.1 Å². The Morgan fingerprint density at radius 3 is 2.81 bits per heavy atom. The third-order valence-electron chi connectivity index (χ3n) is 4.86. The molecule has 1 saturated heterocycles. The van der Waals surface area contributed by atoms with Crippen LogP contribution in [-0.4, -0.2) is 34.6 Å². The van der Waals surface area contributed by atoms with Crippen LogP contribution in [0.2, 0.25) is 0 Å². The fraction of sp³-hybridized carbons (Fsp3) is 0.263. The second-order valence-electron chi connectivity index (χ2n) is 6.50. The molecule has 2 aliphatic heterocycles. The highest BCUT2D eigenvalue weighted by Crippen LogP contribution is 2.29. The number of fused-ring (bicyclic) bond motifs is 1.